The predicted octanol–water partition coefficient (Wildman–Crippen LogP) is 14.7. The van der Waals surface area contributed by atoms with E-state index in [-0.39, 0.29) is 5.41 Å². The van der Waals surface area contributed by atoms with E-state index in [0.29, 0.717) is 0 Å². The lowest BCUT2D eigenvalue weighted by Gasteiger charge is -2.25. The Kier molecular flexibility index (Phi) is 8.73. The standard InChI is InChI=1S/C58H41N3/c1-58(2)52-35-41(28-27-40-29-32-46(33-30-40)60(44-21-11-5-12-22-44)45-23-13-6-14-24-45)31-34-48(52)50-39-57-51(38-53(50)58)49-25-15-16-26-56(49)61(57)47-36-54(42-17-7-3-8-18-42)59-55(37-47)43-19-9-4-10-20-43/h3-26,29-39H,1-2H3. The van der Waals surface area contributed by atoms with E-state index in [4.69, 9.17) is 4.98 Å². The number of rotatable bonds is 6. The number of hydrogen-bond acceptors (Lipinski definition) is 2. The van der Waals surface area contributed by atoms with Crippen molar-refractivity contribution in [2.45, 2.75) is 19.3 Å². The van der Waals surface area contributed by atoms with Gasteiger partial charge in [0, 0.05) is 55.5 Å². The monoisotopic (exact) mass is 779 g/mol. The molecule has 0 unspecified atom stereocenters. The van der Waals surface area contributed by atoms with Crippen LogP contribution < -0.4 is 4.90 Å². The Balaban J connectivity index is 0.986. The Morgan fingerprint density at radius 1 is 0.426 bits per heavy atom. The van der Waals surface area contributed by atoms with E-state index in [0.717, 1.165) is 56.4 Å². The molecule has 2 heterocycles. The van der Waals surface area contributed by atoms with Crippen molar-refractivity contribution in [3.8, 4) is 51.2 Å². The molecule has 3 nitrogen and oxygen atoms in total. The Morgan fingerprint density at radius 3 is 1.56 bits per heavy atom. The molecule has 0 saturated carbocycles. The van der Waals surface area contributed by atoms with E-state index in [1.54, 1.807) is 0 Å². The Bertz CT molecular complexity index is 3200. The van der Waals surface area contributed by atoms with Crippen LogP contribution >= 0.6 is 0 Å². The summed E-state index contributed by atoms with van der Waals surface area (Å²) in [5, 5.41) is 2.48. The van der Waals surface area contributed by atoms with Gasteiger partial charge in [-0.05, 0) is 113 Å². The zero-order valence-corrected chi connectivity index (χ0v) is 34.0. The molecule has 61 heavy (non-hydrogen) atoms. The number of pyridine rings is 1. The van der Waals surface area contributed by atoms with E-state index in [2.05, 4.69) is 247 Å². The maximum Gasteiger partial charge on any atom is 0.0730 e. The van der Waals surface area contributed by atoms with Crippen molar-refractivity contribution in [3.63, 3.8) is 0 Å². The first-order valence-corrected chi connectivity index (χ1v) is 20.9. The molecule has 288 valence electrons. The van der Waals surface area contributed by atoms with Crippen LogP contribution in [0.5, 0.6) is 0 Å². The van der Waals surface area contributed by atoms with Gasteiger partial charge in [0.25, 0.3) is 0 Å². The zero-order valence-electron chi connectivity index (χ0n) is 34.0. The van der Waals surface area contributed by atoms with Gasteiger partial charge in [-0.25, -0.2) is 4.98 Å². The summed E-state index contributed by atoms with van der Waals surface area (Å²) >= 11 is 0. The summed E-state index contributed by atoms with van der Waals surface area (Å²) in [7, 11) is 0. The highest BCUT2D eigenvalue weighted by atomic mass is 15.1. The van der Waals surface area contributed by atoms with Crippen molar-refractivity contribution < 1.29 is 0 Å². The summed E-state index contributed by atoms with van der Waals surface area (Å²) in [5.74, 6) is 6.98. The van der Waals surface area contributed by atoms with Crippen LogP contribution in [0.1, 0.15) is 36.1 Å². The molecule has 0 aliphatic heterocycles. The van der Waals surface area contributed by atoms with Gasteiger partial charge < -0.3 is 9.47 Å². The molecule has 0 fully saturated rings. The average molecular weight is 780 g/mol. The molecule has 2 aromatic heterocycles. The summed E-state index contributed by atoms with van der Waals surface area (Å²) in [6, 6.07) is 75.4. The van der Waals surface area contributed by atoms with Crippen LogP contribution in [0.4, 0.5) is 17.1 Å². The third kappa shape index (κ3) is 6.38. The van der Waals surface area contributed by atoms with E-state index in [1.807, 2.05) is 0 Å². The predicted molar refractivity (Wildman–Crippen MR) is 254 cm³/mol. The van der Waals surface area contributed by atoms with Crippen LogP contribution in [0.3, 0.4) is 0 Å². The molecule has 0 N–H and O–H groups in total. The fourth-order valence-electron chi connectivity index (χ4n) is 9.15. The largest absolute Gasteiger partial charge is 0.311 e. The molecule has 11 rings (SSSR count). The minimum Gasteiger partial charge on any atom is -0.311 e. The SMILES string of the molecule is CC1(C)c2cc(C#Cc3ccc(N(c4ccccc4)c4ccccc4)cc3)ccc2-c2cc3c(cc21)c1ccccc1n3-c1cc(-c2ccccc2)nc(-c2ccccc2)c1. The number of aromatic nitrogens is 2. The van der Waals surface area contributed by atoms with Crippen LogP contribution in [0, 0.1) is 11.8 Å². The van der Waals surface area contributed by atoms with Gasteiger partial charge in [0.15, 0.2) is 0 Å². The molecule has 0 amide bonds. The van der Waals surface area contributed by atoms with E-state index < -0.39 is 0 Å². The van der Waals surface area contributed by atoms with Gasteiger partial charge in [-0.15, -0.1) is 0 Å². The highest BCUT2D eigenvalue weighted by molar-refractivity contribution is 6.11. The molecular weight excluding hydrogens is 739 g/mol. The number of benzene rings is 8. The van der Waals surface area contributed by atoms with Crippen LogP contribution in [0.2, 0.25) is 0 Å². The van der Waals surface area contributed by atoms with Crippen LogP contribution in [0.25, 0.3) is 61.1 Å². The van der Waals surface area contributed by atoms with Crippen molar-refractivity contribution in [1.82, 2.24) is 9.55 Å². The number of para-hydroxylation sites is 3. The summed E-state index contributed by atoms with van der Waals surface area (Å²) in [6.45, 7) is 4.70. The van der Waals surface area contributed by atoms with Crippen LogP contribution in [-0.4, -0.2) is 9.55 Å². The smallest absolute Gasteiger partial charge is 0.0730 e. The minimum absolute atomic E-state index is 0.211. The first-order chi connectivity index (χ1) is 30.0. The first-order valence-electron chi connectivity index (χ1n) is 20.9. The second-order valence-electron chi connectivity index (χ2n) is 16.3. The first kappa shape index (κ1) is 36.2. The Morgan fingerprint density at radius 2 is 0.934 bits per heavy atom. The maximum absolute atomic E-state index is 5.20. The third-order valence-electron chi connectivity index (χ3n) is 12.2. The lowest BCUT2D eigenvalue weighted by atomic mass is 9.81. The Hall–Kier alpha value is -7.93. The normalized spacial score (nSPS) is 12.4. The number of hydrogen-bond donors (Lipinski definition) is 0. The molecule has 0 saturated heterocycles. The van der Waals surface area contributed by atoms with Crippen molar-refractivity contribution >= 4 is 38.9 Å². The summed E-state index contributed by atoms with van der Waals surface area (Å²) in [5.41, 5.74) is 17.8. The van der Waals surface area contributed by atoms with Gasteiger partial charge in [0.05, 0.1) is 28.1 Å². The van der Waals surface area contributed by atoms with Crippen LogP contribution in [0.15, 0.2) is 212 Å². The number of nitrogens with zero attached hydrogens (tertiary/aromatic N) is 3. The van der Waals surface area contributed by atoms with Gasteiger partial charge in [-0.2, -0.15) is 0 Å². The van der Waals surface area contributed by atoms with Gasteiger partial charge in [-0.3, -0.25) is 0 Å². The average Bonchev–Trinajstić information content (AvgIpc) is 3.76. The second kappa shape index (κ2) is 14.7. The molecule has 0 atom stereocenters. The molecule has 0 bridgehead atoms. The molecular formula is C58H41N3. The quantitative estimate of drug-likeness (QED) is 0.157. The van der Waals surface area contributed by atoms with Crippen molar-refractivity contribution in [1.29, 1.82) is 0 Å². The Labute approximate surface area is 356 Å². The van der Waals surface area contributed by atoms with Crippen molar-refractivity contribution in [2.75, 3.05) is 4.90 Å². The van der Waals surface area contributed by atoms with Crippen molar-refractivity contribution in [3.05, 3.63) is 235 Å². The van der Waals surface area contributed by atoms with E-state index in [1.165, 1.54) is 44.1 Å². The molecule has 1 aliphatic rings. The van der Waals surface area contributed by atoms with Gasteiger partial charge >= 0.3 is 0 Å². The fraction of sp³-hybridized carbons (Fsp3) is 0.0517. The third-order valence-corrected chi connectivity index (χ3v) is 12.2. The highest BCUT2D eigenvalue weighted by Crippen LogP contribution is 2.51. The van der Waals surface area contributed by atoms with Crippen LogP contribution in [-0.2, 0) is 5.41 Å². The van der Waals surface area contributed by atoms with E-state index in [9.17, 15) is 0 Å². The second-order valence-corrected chi connectivity index (χ2v) is 16.3. The molecule has 0 spiro atoms. The summed E-state index contributed by atoms with van der Waals surface area (Å²) < 4.78 is 2.43. The van der Waals surface area contributed by atoms with Gasteiger partial charge in [0.1, 0.15) is 0 Å². The zero-order chi connectivity index (χ0) is 40.9. The molecule has 1 aliphatic carbocycles. The lowest BCUT2D eigenvalue weighted by molar-refractivity contribution is 0.661. The highest BCUT2D eigenvalue weighted by Gasteiger charge is 2.36. The summed E-state index contributed by atoms with van der Waals surface area (Å²) in [4.78, 5) is 7.47. The lowest BCUT2D eigenvalue weighted by Crippen LogP contribution is -2.15. The maximum atomic E-state index is 5.20. The van der Waals surface area contributed by atoms with Gasteiger partial charge in [0.2, 0.25) is 0 Å². The van der Waals surface area contributed by atoms with Crippen molar-refractivity contribution in [2.24, 2.45) is 0 Å². The summed E-state index contributed by atoms with van der Waals surface area (Å²) in [6.07, 6.45) is 0. The van der Waals surface area contributed by atoms with Gasteiger partial charge in [-0.1, -0.05) is 147 Å². The molecule has 8 aromatic carbocycles. The topological polar surface area (TPSA) is 21.1 Å². The molecule has 3 heteroatoms. The minimum atomic E-state index is -0.211. The molecule has 10 aromatic rings. The fourth-order valence-corrected chi connectivity index (χ4v) is 9.15. The molecule has 0 radical (unpaired) electrons. The van der Waals surface area contributed by atoms with E-state index >= 15 is 0 Å². The number of fused-ring (bicyclic) bond motifs is 6. The number of anilines is 3.